The Morgan fingerprint density at radius 2 is 2.16 bits per heavy atom. The van der Waals surface area contributed by atoms with Crippen LogP contribution in [0.4, 0.5) is 4.39 Å². The number of likely N-dealkylation sites (N-methyl/N-ethyl adjacent to an activating group) is 1. The molecule has 1 aromatic carbocycles. The van der Waals surface area contributed by atoms with Crippen molar-refractivity contribution in [3.8, 4) is 0 Å². The monoisotopic (exact) mass is 350 g/mol. The summed E-state index contributed by atoms with van der Waals surface area (Å²) in [5, 5.41) is 12.3. The highest BCUT2D eigenvalue weighted by Gasteiger charge is 2.43. The van der Waals surface area contributed by atoms with Crippen LogP contribution in [0.1, 0.15) is 30.9 Å². The third kappa shape index (κ3) is 3.39. The smallest absolute Gasteiger partial charge is 0.251 e. The Morgan fingerprint density at radius 1 is 1.44 bits per heavy atom. The average molecular weight is 350 g/mol. The van der Waals surface area contributed by atoms with Gasteiger partial charge in [0.05, 0.1) is 12.6 Å². The molecule has 2 amide bonds. The summed E-state index contributed by atoms with van der Waals surface area (Å²) in [7, 11) is 1.55. The summed E-state index contributed by atoms with van der Waals surface area (Å²) in [5.41, 5.74) is -0.0155. The quantitative estimate of drug-likeness (QED) is 0.831. The van der Waals surface area contributed by atoms with Crippen LogP contribution in [0, 0.1) is 11.2 Å². The lowest BCUT2D eigenvalue weighted by Crippen LogP contribution is -2.55. The predicted molar refractivity (Wildman–Crippen MR) is 88.0 cm³/mol. The molecule has 136 valence electrons. The number of aliphatic hydroxyl groups excluding tert-OH is 1. The second-order valence-electron chi connectivity index (χ2n) is 6.93. The number of hydrogen-bond donors (Lipinski definition) is 2. The topological polar surface area (TPSA) is 78.9 Å². The van der Waals surface area contributed by atoms with E-state index < -0.39 is 23.9 Å². The number of rotatable bonds is 5. The van der Waals surface area contributed by atoms with E-state index in [4.69, 9.17) is 4.74 Å². The highest BCUT2D eigenvalue weighted by molar-refractivity contribution is 5.86. The van der Waals surface area contributed by atoms with E-state index in [0.29, 0.717) is 6.54 Å². The van der Waals surface area contributed by atoms with Crippen LogP contribution in [0.25, 0.3) is 0 Å². The van der Waals surface area contributed by atoms with E-state index in [9.17, 15) is 19.1 Å². The Morgan fingerprint density at radius 3 is 2.76 bits per heavy atom. The fourth-order valence-electron chi connectivity index (χ4n) is 3.46. The number of halogens is 1. The second kappa shape index (κ2) is 7.09. The highest BCUT2D eigenvalue weighted by Crippen LogP contribution is 2.40. The standard InChI is InChI=1S/C18H23FN2O4/c1-21-14(23)9-25-16(15(21)12-5-2-3-6-13(12)19)17(24)20-10-18(11-22)7-4-8-18/h2-3,5-6,15-16,22H,4,7-11H2,1H3,(H,20,24)/t15-,16+/m1/s1. The van der Waals surface area contributed by atoms with E-state index in [0.717, 1.165) is 19.3 Å². The van der Waals surface area contributed by atoms with Crippen molar-refractivity contribution in [3.05, 3.63) is 35.6 Å². The number of hydrogen-bond acceptors (Lipinski definition) is 4. The summed E-state index contributed by atoms with van der Waals surface area (Å²) in [5.74, 6) is -1.18. The first kappa shape index (κ1) is 17.8. The van der Waals surface area contributed by atoms with Crippen LogP contribution in [0.15, 0.2) is 24.3 Å². The van der Waals surface area contributed by atoms with Gasteiger partial charge in [-0.05, 0) is 18.9 Å². The van der Waals surface area contributed by atoms with E-state index in [-0.39, 0.29) is 30.1 Å². The number of carbonyl (C=O) groups excluding carboxylic acids is 2. The van der Waals surface area contributed by atoms with Crippen molar-refractivity contribution in [3.63, 3.8) is 0 Å². The molecule has 0 radical (unpaired) electrons. The van der Waals surface area contributed by atoms with Crippen molar-refractivity contribution in [1.82, 2.24) is 10.2 Å². The molecule has 25 heavy (non-hydrogen) atoms. The summed E-state index contributed by atoms with van der Waals surface area (Å²) in [6.07, 6.45) is 1.77. The van der Waals surface area contributed by atoms with Crippen molar-refractivity contribution < 1.29 is 23.8 Å². The maximum atomic E-state index is 14.2. The molecule has 2 fully saturated rings. The van der Waals surface area contributed by atoms with Gasteiger partial charge in [0.1, 0.15) is 12.4 Å². The summed E-state index contributed by atoms with van der Waals surface area (Å²) in [6.45, 7) is 0.155. The average Bonchev–Trinajstić information content (AvgIpc) is 2.57. The third-order valence-corrected chi connectivity index (χ3v) is 5.35. The summed E-state index contributed by atoms with van der Waals surface area (Å²) in [6, 6.07) is 5.25. The lowest BCUT2D eigenvalue weighted by atomic mass is 9.69. The van der Waals surface area contributed by atoms with Gasteiger partial charge in [-0.1, -0.05) is 24.6 Å². The molecule has 1 aliphatic carbocycles. The van der Waals surface area contributed by atoms with Crippen LogP contribution in [0.3, 0.4) is 0 Å². The molecule has 2 atom stereocenters. The second-order valence-corrected chi connectivity index (χ2v) is 6.93. The van der Waals surface area contributed by atoms with Crippen molar-refractivity contribution >= 4 is 11.8 Å². The minimum atomic E-state index is -0.990. The normalized spacial score (nSPS) is 25.4. The molecule has 6 nitrogen and oxygen atoms in total. The van der Waals surface area contributed by atoms with Gasteiger partial charge in [-0.15, -0.1) is 0 Å². The van der Waals surface area contributed by atoms with Crippen LogP contribution < -0.4 is 5.32 Å². The molecule has 0 aromatic heterocycles. The Balaban J connectivity index is 1.78. The summed E-state index contributed by atoms with van der Waals surface area (Å²) >= 11 is 0. The minimum absolute atomic E-state index is 0.0218. The third-order valence-electron chi connectivity index (χ3n) is 5.35. The van der Waals surface area contributed by atoms with Crippen molar-refractivity contribution in [2.75, 3.05) is 26.8 Å². The van der Waals surface area contributed by atoms with E-state index in [1.807, 2.05) is 0 Å². The van der Waals surface area contributed by atoms with Gasteiger partial charge in [0, 0.05) is 24.6 Å². The molecule has 1 heterocycles. The van der Waals surface area contributed by atoms with Crippen LogP contribution in [-0.4, -0.2) is 54.7 Å². The first-order chi connectivity index (χ1) is 12.0. The lowest BCUT2D eigenvalue weighted by molar-refractivity contribution is -0.162. The van der Waals surface area contributed by atoms with Gasteiger partial charge in [0.2, 0.25) is 5.91 Å². The molecular formula is C18H23FN2O4. The first-order valence-electron chi connectivity index (χ1n) is 8.48. The molecule has 2 aliphatic rings. The molecular weight excluding hydrogens is 327 g/mol. The zero-order valence-electron chi connectivity index (χ0n) is 14.2. The van der Waals surface area contributed by atoms with E-state index in [2.05, 4.69) is 5.32 Å². The van der Waals surface area contributed by atoms with Crippen LogP contribution in [0.5, 0.6) is 0 Å². The van der Waals surface area contributed by atoms with E-state index in [1.54, 1.807) is 25.2 Å². The number of carbonyl (C=O) groups is 2. The molecule has 0 spiro atoms. The fraction of sp³-hybridized carbons (Fsp3) is 0.556. The SMILES string of the molecule is CN1C(=O)CO[C@H](C(=O)NCC2(CO)CCC2)[C@H]1c1ccccc1F. The van der Waals surface area contributed by atoms with Crippen molar-refractivity contribution in [2.45, 2.75) is 31.4 Å². The van der Waals surface area contributed by atoms with Gasteiger partial charge in [-0.2, -0.15) is 0 Å². The van der Waals surface area contributed by atoms with Gasteiger partial charge < -0.3 is 20.1 Å². The van der Waals surface area contributed by atoms with Crippen molar-refractivity contribution in [1.29, 1.82) is 0 Å². The maximum Gasteiger partial charge on any atom is 0.251 e. The Kier molecular flexibility index (Phi) is 5.06. The van der Waals surface area contributed by atoms with Crippen LogP contribution in [-0.2, 0) is 14.3 Å². The van der Waals surface area contributed by atoms with E-state index in [1.165, 1.54) is 11.0 Å². The minimum Gasteiger partial charge on any atom is -0.396 e. The van der Waals surface area contributed by atoms with Crippen molar-refractivity contribution in [2.24, 2.45) is 5.41 Å². The number of aliphatic hydroxyl groups is 1. The number of morpholine rings is 1. The molecule has 1 saturated heterocycles. The molecule has 1 aliphatic heterocycles. The molecule has 0 unspecified atom stereocenters. The Hall–Kier alpha value is -1.99. The molecule has 1 aromatic rings. The summed E-state index contributed by atoms with van der Waals surface area (Å²) < 4.78 is 19.7. The molecule has 3 rings (SSSR count). The van der Waals surface area contributed by atoms with Gasteiger partial charge in [-0.3, -0.25) is 9.59 Å². The number of amides is 2. The zero-order valence-corrected chi connectivity index (χ0v) is 14.2. The zero-order chi connectivity index (χ0) is 18.0. The van der Waals surface area contributed by atoms with Crippen LogP contribution >= 0.6 is 0 Å². The Bertz CT molecular complexity index is 657. The summed E-state index contributed by atoms with van der Waals surface area (Å²) in [4.78, 5) is 26.0. The molecule has 2 N–H and O–H groups in total. The largest absolute Gasteiger partial charge is 0.396 e. The number of nitrogens with zero attached hydrogens (tertiary/aromatic N) is 1. The molecule has 7 heteroatoms. The Labute approximate surface area is 146 Å². The fourth-order valence-corrected chi connectivity index (χ4v) is 3.46. The molecule has 1 saturated carbocycles. The van der Waals surface area contributed by atoms with Gasteiger partial charge in [0.25, 0.3) is 5.91 Å². The number of ether oxygens (including phenoxy) is 1. The van der Waals surface area contributed by atoms with Gasteiger partial charge >= 0.3 is 0 Å². The number of nitrogens with one attached hydrogen (secondary N) is 1. The van der Waals surface area contributed by atoms with Gasteiger partial charge in [-0.25, -0.2) is 4.39 Å². The predicted octanol–water partition coefficient (Wildman–Crippen LogP) is 1.00. The van der Waals surface area contributed by atoms with Crippen LogP contribution in [0.2, 0.25) is 0 Å². The molecule has 0 bridgehead atoms. The highest BCUT2D eigenvalue weighted by atomic mass is 19.1. The maximum absolute atomic E-state index is 14.2. The first-order valence-corrected chi connectivity index (χ1v) is 8.48. The number of benzene rings is 1. The van der Waals surface area contributed by atoms with Gasteiger partial charge in [0.15, 0.2) is 6.10 Å². The van der Waals surface area contributed by atoms with E-state index >= 15 is 0 Å². The lowest BCUT2D eigenvalue weighted by Gasteiger charge is -2.42.